The molecule has 0 bridgehead atoms. The van der Waals surface area contributed by atoms with Gasteiger partial charge in [0.25, 0.3) is 5.91 Å². The Morgan fingerprint density at radius 1 is 1.03 bits per heavy atom. The number of piperidine rings is 1. The molecular formula is C30H38N4O4. The van der Waals surface area contributed by atoms with E-state index in [-0.39, 0.29) is 17.9 Å². The monoisotopic (exact) mass is 518 g/mol. The molecule has 1 aliphatic heterocycles. The first-order valence-corrected chi connectivity index (χ1v) is 13.1. The predicted octanol–water partition coefficient (Wildman–Crippen LogP) is 5.54. The molecule has 8 nitrogen and oxygen atoms in total. The summed E-state index contributed by atoms with van der Waals surface area (Å²) in [5, 5.41) is 7.78. The van der Waals surface area contributed by atoms with Gasteiger partial charge in [-0.15, -0.1) is 0 Å². The van der Waals surface area contributed by atoms with Crippen LogP contribution >= 0.6 is 0 Å². The highest BCUT2D eigenvalue weighted by Crippen LogP contribution is 2.34. The van der Waals surface area contributed by atoms with Gasteiger partial charge in [0, 0.05) is 31.1 Å². The number of ether oxygens (including phenoxy) is 2. The first-order chi connectivity index (χ1) is 18.1. The van der Waals surface area contributed by atoms with Crippen LogP contribution in [0, 0.1) is 13.8 Å². The highest BCUT2D eigenvalue weighted by atomic mass is 16.6. The third-order valence-electron chi connectivity index (χ3n) is 6.87. The van der Waals surface area contributed by atoms with Gasteiger partial charge in [-0.3, -0.25) is 4.79 Å². The van der Waals surface area contributed by atoms with Crippen molar-refractivity contribution >= 4 is 12.0 Å². The number of rotatable bonds is 6. The number of carbonyl (C=O) groups is 2. The first kappa shape index (κ1) is 27.2. The largest absolute Gasteiger partial charge is 0.496 e. The topological polar surface area (TPSA) is 85.7 Å². The zero-order chi connectivity index (χ0) is 27.4. The molecule has 0 unspecified atom stereocenters. The summed E-state index contributed by atoms with van der Waals surface area (Å²) in [7, 11) is 1.62. The normalized spacial score (nSPS) is 14.3. The number of benzene rings is 2. The minimum Gasteiger partial charge on any atom is -0.496 e. The fraction of sp³-hybridized carbons (Fsp3) is 0.433. The average Bonchev–Trinajstić information content (AvgIpc) is 3.31. The number of aryl methyl sites for hydroxylation is 2. The van der Waals surface area contributed by atoms with Gasteiger partial charge >= 0.3 is 6.09 Å². The van der Waals surface area contributed by atoms with Crippen molar-refractivity contribution in [3.63, 3.8) is 0 Å². The SMILES string of the molecule is COc1ccccc1CNC(=O)c1cnn(-c2c(C)cccc2C)c1C1CCN(C(=O)OC(C)(C)C)CC1. The zero-order valence-corrected chi connectivity index (χ0v) is 23.2. The van der Waals surface area contributed by atoms with Crippen LogP contribution in [0.15, 0.2) is 48.7 Å². The Morgan fingerprint density at radius 3 is 2.32 bits per heavy atom. The minimum atomic E-state index is -0.540. The Hall–Kier alpha value is -3.81. The van der Waals surface area contributed by atoms with Crippen LogP contribution in [0.4, 0.5) is 4.79 Å². The van der Waals surface area contributed by atoms with E-state index in [0.29, 0.717) is 38.0 Å². The number of methoxy groups -OCH3 is 1. The number of aromatic nitrogens is 2. The van der Waals surface area contributed by atoms with Gasteiger partial charge in [-0.1, -0.05) is 36.4 Å². The lowest BCUT2D eigenvalue weighted by Crippen LogP contribution is -2.41. The zero-order valence-electron chi connectivity index (χ0n) is 23.2. The lowest BCUT2D eigenvalue weighted by molar-refractivity contribution is 0.0203. The molecule has 1 aromatic heterocycles. The standard InChI is InChI=1S/C30H38N4O4/c1-20-10-9-11-21(2)26(20)34-27(22-14-16-33(17-15-22)29(36)38-30(3,4)5)24(19-32-34)28(35)31-18-23-12-7-8-13-25(23)37-6/h7-13,19,22H,14-18H2,1-6H3,(H,31,35). The van der Waals surface area contributed by atoms with Crippen molar-refractivity contribution in [1.82, 2.24) is 20.0 Å². The molecule has 2 amide bonds. The summed E-state index contributed by atoms with van der Waals surface area (Å²) < 4.78 is 12.9. The summed E-state index contributed by atoms with van der Waals surface area (Å²) in [6.45, 7) is 11.2. The van der Waals surface area contributed by atoms with E-state index in [2.05, 4.69) is 31.3 Å². The molecule has 2 aromatic carbocycles. The Labute approximate surface area is 224 Å². The Morgan fingerprint density at radius 2 is 1.68 bits per heavy atom. The maximum absolute atomic E-state index is 13.5. The quantitative estimate of drug-likeness (QED) is 0.463. The van der Waals surface area contributed by atoms with Crippen molar-refractivity contribution in [2.24, 2.45) is 0 Å². The number of amides is 2. The van der Waals surface area contributed by atoms with E-state index in [9.17, 15) is 9.59 Å². The average molecular weight is 519 g/mol. The van der Waals surface area contributed by atoms with Crippen LogP contribution in [-0.2, 0) is 11.3 Å². The van der Waals surface area contributed by atoms with Crippen molar-refractivity contribution < 1.29 is 19.1 Å². The second-order valence-electron chi connectivity index (χ2n) is 10.8. The van der Waals surface area contributed by atoms with Gasteiger partial charge in [-0.25, -0.2) is 9.48 Å². The minimum absolute atomic E-state index is 0.0576. The number of nitrogens with zero attached hydrogens (tertiary/aromatic N) is 3. The smallest absolute Gasteiger partial charge is 0.410 e. The summed E-state index contributed by atoms with van der Waals surface area (Å²) in [5.74, 6) is 0.605. The van der Waals surface area contributed by atoms with Crippen LogP contribution in [0.5, 0.6) is 5.75 Å². The van der Waals surface area contributed by atoms with Crippen molar-refractivity contribution in [2.75, 3.05) is 20.2 Å². The molecule has 4 rings (SSSR count). The highest BCUT2D eigenvalue weighted by molar-refractivity contribution is 5.95. The van der Waals surface area contributed by atoms with Gasteiger partial charge in [0.05, 0.1) is 30.3 Å². The number of carbonyl (C=O) groups excluding carboxylic acids is 2. The molecule has 3 aromatic rings. The third-order valence-corrected chi connectivity index (χ3v) is 6.87. The number of hydrogen-bond donors (Lipinski definition) is 1. The molecule has 1 fully saturated rings. The van der Waals surface area contributed by atoms with E-state index in [1.807, 2.05) is 55.8 Å². The maximum atomic E-state index is 13.5. The second kappa shape index (κ2) is 11.3. The van der Waals surface area contributed by atoms with E-state index < -0.39 is 5.60 Å². The molecule has 1 N–H and O–H groups in total. The summed E-state index contributed by atoms with van der Waals surface area (Å²) in [6.07, 6.45) is 2.79. The number of para-hydroxylation sites is 2. The molecule has 8 heteroatoms. The first-order valence-electron chi connectivity index (χ1n) is 13.1. The van der Waals surface area contributed by atoms with Gasteiger partial charge in [-0.2, -0.15) is 5.10 Å². The molecule has 0 radical (unpaired) electrons. The predicted molar refractivity (Wildman–Crippen MR) is 147 cm³/mol. The summed E-state index contributed by atoms with van der Waals surface area (Å²) in [4.78, 5) is 27.9. The van der Waals surface area contributed by atoms with Gasteiger partial charge in [0.1, 0.15) is 11.4 Å². The fourth-order valence-electron chi connectivity index (χ4n) is 5.03. The summed E-state index contributed by atoms with van der Waals surface area (Å²) in [5.41, 5.74) is 4.95. The van der Waals surface area contributed by atoms with Crippen LogP contribution in [0.3, 0.4) is 0 Å². The fourth-order valence-corrected chi connectivity index (χ4v) is 5.03. The van der Waals surface area contributed by atoms with Crippen LogP contribution in [-0.4, -0.2) is 52.5 Å². The molecular weight excluding hydrogens is 480 g/mol. The second-order valence-corrected chi connectivity index (χ2v) is 10.8. The molecule has 0 aliphatic carbocycles. The molecule has 202 valence electrons. The van der Waals surface area contributed by atoms with E-state index in [4.69, 9.17) is 14.6 Å². The Balaban J connectivity index is 1.62. The molecule has 1 aliphatic rings. The molecule has 0 atom stereocenters. The summed E-state index contributed by atoms with van der Waals surface area (Å²) in [6, 6.07) is 13.8. The number of likely N-dealkylation sites (tertiary alicyclic amines) is 1. The molecule has 0 saturated carbocycles. The lowest BCUT2D eigenvalue weighted by atomic mass is 9.90. The Kier molecular flexibility index (Phi) is 8.09. The number of nitrogens with one attached hydrogen (secondary N) is 1. The molecule has 0 spiro atoms. The van der Waals surface area contributed by atoms with Crippen molar-refractivity contribution in [2.45, 2.75) is 65.5 Å². The molecule has 2 heterocycles. The van der Waals surface area contributed by atoms with Crippen molar-refractivity contribution in [3.8, 4) is 11.4 Å². The summed E-state index contributed by atoms with van der Waals surface area (Å²) >= 11 is 0. The molecule has 1 saturated heterocycles. The van der Waals surface area contributed by atoms with Gasteiger partial charge in [-0.05, 0) is 64.7 Å². The van der Waals surface area contributed by atoms with E-state index >= 15 is 0 Å². The van der Waals surface area contributed by atoms with Crippen LogP contribution in [0.25, 0.3) is 5.69 Å². The maximum Gasteiger partial charge on any atom is 0.410 e. The van der Waals surface area contributed by atoms with Crippen LogP contribution in [0.1, 0.15) is 72.3 Å². The third kappa shape index (κ3) is 6.01. The van der Waals surface area contributed by atoms with Gasteiger partial charge in [0.2, 0.25) is 0 Å². The lowest BCUT2D eigenvalue weighted by Gasteiger charge is -2.34. The van der Waals surface area contributed by atoms with Crippen LogP contribution < -0.4 is 10.1 Å². The van der Waals surface area contributed by atoms with E-state index in [0.717, 1.165) is 33.8 Å². The van der Waals surface area contributed by atoms with E-state index in [1.54, 1.807) is 18.2 Å². The van der Waals surface area contributed by atoms with Crippen molar-refractivity contribution in [1.29, 1.82) is 0 Å². The van der Waals surface area contributed by atoms with Gasteiger partial charge in [0.15, 0.2) is 0 Å². The highest BCUT2D eigenvalue weighted by Gasteiger charge is 2.32. The van der Waals surface area contributed by atoms with E-state index in [1.165, 1.54) is 0 Å². The number of hydrogen-bond acceptors (Lipinski definition) is 5. The Bertz CT molecular complexity index is 1280. The van der Waals surface area contributed by atoms with Gasteiger partial charge < -0.3 is 19.7 Å². The molecule has 38 heavy (non-hydrogen) atoms. The van der Waals surface area contributed by atoms with Crippen molar-refractivity contribution in [3.05, 3.63) is 76.6 Å². The van der Waals surface area contributed by atoms with Crippen LogP contribution in [0.2, 0.25) is 0 Å².